The largest absolute Gasteiger partial charge is 0.368 e. The van der Waals surface area contributed by atoms with Crippen molar-refractivity contribution in [3.05, 3.63) is 0 Å². The van der Waals surface area contributed by atoms with Gasteiger partial charge in [-0.3, -0.25) is 0 Å². The van der Waals surface area contributed by atoms with Gasteiger partial charge in [-0.05, 0) is 24.7 Å². The van der Waals surface area contributed by atoms with Crippen molar-refractivity contribution in [3.63, 3.8) is 0 Å². The zero-order chi connectivity index (χ0) is 9.26. The van der Waals surface area contributed by atoms with Gasteiger partial charge in [0.2, 0.25) is 11.9 Å². The van der Waals surface area contributed by atoms with Gasteiger partial charge in [-0.25, -0.2) is 5.10 Å². The Bertz CT molecular complexity index is 278. The summed E-state index contributed by atoms with van der Waals surface area (Å²) in [4.78, 5) is 3.96. The number of hydrogen-bond donors (Lipinski definition) is 3. The summed E-state index contributed by atoms with van der Waals surface area (Å²) in [5.41, 5.74) is 5.39. The molecule has 1 aliphatic rings. The summed E-state index contributed by atoms with van der Waals surface area (Å²) in [7, 11) is 0. The molecule has 1 unspecified atom stereocenters. The van der Waals surface area contributed by atoms with E-state index in [4.69, 9.17) is 5.73 Å². The van der Waals surface area contributed by atoms with E-state index in [0.717, 1.165) is 12.5 Å². The van der Waals surface area contributed by atoms with Crippen LogP contribution < -0.4 is 11.1 Å². The van der Waals surface area contributed by atoms with E-state index in [1.807, 2.05) is 0 Å². The van der Waals surface area contributed by atoms with E-state index >= 15 is 0 Å². The lowest BCUT2D eigenvalue weighted by Crippen LogP contribution is -2.13. The molecule has 5 heteroatoms. The summed E-state index contributed by atoms with van der Waals surface area (Å²) >= 11 is 0. The van der Waals surface area contributed by atoms with Crippen LogP contribution in [-0.4, -0.2) is 21.7 Å². The van der Waals surface area contributed by atoms with Gasteiger partial charge in [-0.1, -0.05) is 6.92 Å². The molecule has 5 nitrogen and oxygen atoms in total. The molecule has 1 fully saturated rings. The maximum absolute atomic E-state index is 5.39. The third kappa shape index (κ3) is 2.11. The summed E-state index contributed by atoms with van der Waals surface area (Å²) in [6.45, 7) is 3.18. The van der Waals surface area contributed by atoms with Crippen LogP contribution >= 0.6 is 0 Å². The van der Waals surface area contributed by atoms with Crippen molar-refractivity contribution in [1.82, 2.24) is 15.2 Å². The Morgan fingerprint density at radius 1 is 1.69 bits per heavy atom. The number of nitrogen functional groups attached to an aromatic ring is 1. The van der Waals surface area contributed by atoms with Gasteiger partial charge in [0.1, 0.15) is 0 Å². The molecule has 13 heavy (non-hydrogen) atoms. The normalized spacial score (nSPS) is 18.5. The van der Waals surface area contributed by atoms with E-state index in [0.29, 0.717) is 17.8 Å². The van der Waals surface area contributed by atoms with Crippen LogP contribution in [0.5, 0.6) is 0 Å². The van der Waals surface area contributed by atoms with Crippen LogP contribution in [0.3, 0.4) is 0 Å². The van der Waals surface area contributed by atoms with Gasteiger partial charge in [0.15, 0.2) is 0 Å². The topological polar surface area (TPSA) is 79.6 Å². The molecule has 4 N–H and O–H groups in total. The van der Waals surface area contributed by atoms with E-state index in [2.05, 4.69) is 27.4 Å². The number of nitrogens with two attached hydrogens (primary N) is 1. The molecular formula is C8H15N5. The molecule has 0 aromatic carbocycles. The van der Waals surface area contributed by atoms with Crippen LogP contribution in [0.4, 0.5) is 11.9 Å². The number of hydrogen-bond acceptors (Lipinski definition) is 4. The van der Waals surface area contributed by atoms with Crippen LogP contribution in [0.15, 0.2) is 0 Å². The van der Waals surface area contributed by atoms with Crippen LogP contribution in [-0.2, 0) is 0 Å². The van der Waals surface area contributed by atoms with Crippen molar-refractivity contribution in [3.8, 4) is 0 Å². The molecule has 1 heterocycles. The SMILES string of the molecule is CC(CNc1n[nH]c(N)n1)C1CC1. The van der Waals surface area contributed by atoms with E-state index in [1.54, 1.807) is 0 Å². The highest BCUT2D eigenvalue weighted by Crippen LogP contribution is 2.36. The number of nitrogens with zero attached hydrogens (tertiary/aromatic N) is 2. The first kappa shape index (κ1) is 8.34. The third-order valence-electron chi connectivity index (χ3n) is 2.51. The maximum Gasteiger partial charge on any atom is 0.243 e. The second kappa shape index (κ2) is 3.24. The summed E-state index contributed by atoms with van der Waals surface area (Å²) in [6.07, 6.45) is 2.75. The molecule has 0 radical (unpaired) electrons. The minimum atomic E-state index is 0.363. The van der Waals surface area contributed by atoms with Crippen molar-refractivity contribution in [1.29, 1.82) is 0 Å². The molecule has 1 aromatic heterocycles. The van der Waals surface area contributed by atoms with Gasteiger partial charge < -0.3 is 11.1 Å². The first-order chi connectivity index (χ1) is 6.25. The minimum absolute atomic E-state index is 0.363. The molecule has 0 bridgehead atoms. The van der Waals surface area contributed by atoms with Crippen molar-refractivity contribution >= 4 is 11.9 Å². The number of anilines is 2. The van der Waals surface area contributed by atoms with Crippen molar-refractivity contribution < 1.29 is 0 Å². The zero-order valence-electron chi connectivity index (χ0n) is 7.75. The Morgan fingerprint density at radius 3 is 3.00 bits per heavy atom. The lowest BCUT2D eigenvalue weighted by molar-refractivity contribution is 0.535. The fourth-order valence-electron chi connectivity index (χ4n) is 1.44. The molecule has 1 saturated carbocycles. The Balaban J connectivity index is 1.78. The molecule has 1 aliphatic carbocycles. The predicted molar refractivity (Wildman–Crippen MR) is 51.2 cm³/mol. The quantitative estimate of drug-likeness (QED) is 0.643. The van der Waals surface area contributed by atoms with E-state index in [-0.39, 0.29) is 0 Å². The minimum Gasteiger partial charge on any atom is -0.368 e. The van der Waals surface area contributed by atoms with Gasteiger partial charge in [0.25, 0.3) is 0 Å². The Labute approximate surface area is 77.1 Å². The van der Waals surface area contributed by atoms with Gasteiger partial charge in [0, 0.05) is 6.54 Å². The lowest BCUT2D eigenvalue weighted by Gasteiger charge is -2.08. The summed E-state index contributed by atoms with van der Waals surface area (Å²) < 4.78 is 0. The third-order valence-corrected chi connectivity index (χ3v) is 2.51. The number of aromatic nitrogens is 3. The smallest absolute Gasteiger partial charge is 0.243 e. The average Bonchev–Trinajstić information content (AvgIpc) is 2.87. The number of H-pyrrole nitrogens is 1. The molecule has 0 amide bonds. The van der Waals surface area contributed by atoms with E-state index in [1.165, 1.54) is 12.8 Å². The molecule has 2 rings (SSSR count). The predicted octanol–water partition coefficient (Wildman–Crippen LogP) is 0.845. The monoisotopic (exact) mass is 181 g/mol. The number of rotatable bonds is 4. The van der Waals surface area contributed by atoms with Crippen molar-refractivity contribution in [2.45, 2.75) is 19.8 Å². The fourth-order valence-corrected chi connectivity index (χ4v) is 1.44. The highest BCUT2D eigenvalue weighted by molar-refractivity contribution is 5.29. The molecule has 0 spiro atoms. The first-order valence-electron chi connectivity index (χ1n) is 4.67. The summed E-state index contributed by atoms with van der Waals surface area (Å²) in [5, 5.41) is 9.64. The van der Waals surface area contributed by atoms with Crippen molar-refractivity contribution in [2.75, 3.05) is 17.6 Å². The Kier molecular flexibility index (Phi) is 2.08. The Morgan fingerprint density at radius 2 is 2.46 bits per heavy atom. The molecule has 1 aromatic rings. The van der Waals surface area contributed by atoms with Crippen molar-refractivity contribution in [2.24, 2.45) is 11.8 Å². The first-order valence-corrected chi connectivity index (χ1v) is 4.67. The zero-order valence-corrected chi connectivity index (χ0v) is 7.75. The van der Waals surface area contributed by atoms with Gasteiger partial charge >= 0.3 is 0 Å². The second-order valence-corrected chi connectivity index (χ2v) is 3.74. The van der Waals surface area contributed by atoms with Gasteiger partial charge in [0.05, 0.1) is 0 Å². The van der Waals surface area contributed by atoms with Crippen LogP contribution in [0, 0.1) is 11.8 Å². The molecule has 72 valence electrons. The number of nitrogens with one attached hydrogen (secondary N) is 2. The highest BCUT2D eigenvalue weighted by Gasteiger charge is 2.27. The maximum atomic E-state index is 5.39. The highest BCUT2D eigenvalue weighted by atomic mass is 15.3. The standard InChI is InChI=1S/C8H15N5/c1-5(6-2-3-6)4-10-8-11-7(9)12-13-8/h5-6H,2-4H2,1H3,(H4,9,10,11,12,13). The van der Waals surface area contributed by atoms with Crippen LogP contribution in [0.25, 0.3) is 0 Å². The fraction of sp³-hybridized carbons (Fsp3) is 0.750. The molecule has 1 atom stereocenters. The second-order valence-electron chi connectivity index (χ2n) is 3.74. The summed E-state index contributed by atoms with van der Waals surface area (Å²) in [6, 6.07) is 0. The Hall–Kier alpha value is -1.26. The van der Waals surface area contributed by atoms with E-state index < -0.39 is 0 Å². The van der Waals surface area contributed by atoms with Crippen LogP contribution in [0.1, 0.15) is 19.8 Å². The summed E-state index contributed by atoms with van der Waals surface area (Å²) in [5.74, 6) is 2.58. The lowest BCUT2D eigenvalue weighted by atomic mass is 10.1. The number of aromatic amines is 1. The molecule has 0 saturated heterocycles. The molecular weight excluding hydrogens is 166 g/mol. The van der Waals surface area contributed by atoms with Crippen LogP contribution in [0.2, 0.25) is 0 Å². The van der Waals surface area contributed by atoms with E-state index in [9.17, 15) is 0 Å². The van der Waals surface area contributed by atoms with Gasteiger partial charge in [-0.2, -0.15) is 4.98 Å². The average molecular weight is 181 g/mol. The molecule has 0 aliphatic heterocycles. The van der Waals surface area contributed by atoms with Gasteiger partial charge in [-0.15, -0.1) is 5.10 Å².